The van der Waals surface area contributed by atoms with Crippen LogP contribution in [-0.2, 0) is 11.2 Å². The van der Waals surface area contributed by atoms with Crippen LogP contribution in [0, 0.1) is 5.92 Å². The van der Waals surface area contributed by atoms with E-state index in [-0.39, 0.29) is 23.4 Å². The van der Waals surface area contributed by atoms with E-state index in [4.69, 9.17) is 11.6 Å². The monoisotopic (exact) mass is 369 g/mol. The van der Waals surface area contributed by atoms with Crippen LogP contribution >= 0.6 is 11.6 Å². The molecule has 3 rings (SSSR count). The molecule has 0 aromatic heterocycles. The molecule has 0 amide bonds. The Kier molecular flexibility index (Phi) is 5.47. The Morgan fingerprint density at radius 1 is 1.19 bits per heavy atom. The van der Waals surface area contributed by atoms with E-state index in [0.717, 1.165) is 12.1 Å². The summed E-state index contributed by atoms with van der Waals surface area (Å²) in [5, 5.41) is 0.434. The van der Waals surface area contributed by atoms with Gasteiger partial charge in [0.15, 0.2) is 5.78 Å². The van der Waals surface area contributed by atoms with E-state index in [9.17, 15) is 9.59 Å². The molecular formula is C22H24ClNO2. The molecule has 1 unspecified atom stereocenters. The van der Waals surface area contributed by atoms with E-state index in [0.29, 0.717) is 23.4 Å². The molecule has 1 atom stereocenters. The first-order valence-corrected chi connectivity index (χ1v) is 9.39. The highest BCUT2D eigenvalue weighted by molar-refractivity contribution is 6.34. The minimum Gasteiger partial charge on any atom is -0.374 e. The van der Waals surface area contributed by atoms with E-state index < -0.39 is 0 Å². The Hall–Kier alpha value is -2.13. The Morgan fingerprint density at radius 2 is 1.92 bits per heavy atom. The Labute approximate surface area is 160 Å². The van der Waals surface area contributed by atoms with Crippen molar-refractivity contribution in [1.82, 2.24) is 0 Å². The molecule has 4 heteroatoms. The highest BCUT2D eigenvalue weighted by Crippen LogP contribution is 2.37. The van der Waals surface area contributed by atoms with Gasteiger partial charge in [0.1, 0.15) is 5.78 Å². The number of para-hydroxylation sites is 1. The zero-order valence-corrected chi connectivity index (χ0v) is 16.2. The van der Waals surface area contributed by atoms with Gasteiger partial charge in [-0.15, -0.1) is 0 Å². The molecule has 0 radical (unpaired) electrons. The summed E-state index contributed by atoms with van der Waals surface area (Å²) in [5.74, 6) is 0.397. The van der Waals surface area contributed by atoms with Crippen LogP contribution in [0.4, 0.5) is 5.69 Å². The van der Waals surface area contributed by atoms with Gasteiger partial charge in [0.25, 0.3) is 0 Å². The van der Waals surface area contributed by atoms with Crippen molar-refractivity contribution in [3.05, 3.63) is 64.2 Å². The van der Waals surface area contributed by atoms with Crippen LogP contribution in [0.25, 0.3) is 0 Å². The lowest BCUT2D eigenvalue weighted by molar-refractivity contribution is -0.121. The summed E-state index contributed by atoms with van der Waals surface area (Å²) in [7, 11) is 2.05. The summed E-state index contributed by atoms with van der Waals surface area (Å²) in [6, 6.07) is 13.6. The lowest BCUT2D eigenvalue weighted by atomic mass is 9.92. The molecule has 0 aliphatic carbocycles. The second-order valence-corrected chi connectivity index (χ2v) is 7.78. The molecule has 1 aliphatic heterocycles. The predicted molar refractivity (Wildman–Crippen MR) is 106 cm³/mol. The number of hydrogen-bond acceptors (Lipinski definition) is 3. The summed E-state index contributed by atoms with van der Waals surface area (Å²) in [5.41, 5.74) is 3.81. The van der Waals surface area contributed by atoms with Gasteiger partial charge in [0.2, 0.25) is 0 Å². The van der Waals surface area contributed by atoms with E-state index in [2.05, 4.69) is 24.1 Å². The molecule has 0 saturated heterocycles. The molecule has 0 fully saturated rings. The highest BCUT2D eigenvalue weighted by Gasteiger charge is 2.28. The molecule has 0 spiro atoms. The molecule has 2 aromatic rings. The smallest absolute Gasteiger partial charge is 0.165 e. The number of halogens is 1. The van der Waals surface area contributed by atoms with Crippen LogP contribution in [0.2, 0.25) is 5.02 Å². The van der Waals surface area contributed by atoms with Crippen molar-refractivity contribution in [2.75, 3.05) is 18.5 Å². The maximum absolute atomic E-state index is 12.8. The van der Waals surface area contributed by atoms with Crippen molar-refractivity contribution in [2.24, 2.45) is 5.92 Å². The van der Waals surface area contributed by atoms with Gasteiger partial charge in [-0.05, 0) is 29.3 Å². The van der Waals surface area contributed by atoms with Gasteiger partial charge in [-0.1, -0.05) is 49.7 Å². The van der Waals surface area contributed by atoms with E-state index in [1.54, 1.807) is 12.1 Å². The molecule has 0 saturated carbocycles. The fraction of sp³-hybridized carbons (Fsp3) is 0.364. The first-order chi connectivity index (χ1) is 12.4. The molecule has 2 aromatic carbocycles. The van der Waals surface area contributed by atoms with Gasteiger partial charge >= 0.3 is 0 Å². The van der Waals surface area contributed by atoms with Crippen molar-refractivity contribution in [2.45, 2.75) is 32.6 Å². The lowest BCUT2D eigenvalue weighted by Crippen LogP contribution is -2.17. The zero-order valence-electron chi connectivity index (χ0n) is 15.5. The number of carbonyl (C=O) groups is 2. The topological polar surface area (TPSA) is 37.4 Å². The highest BCUT2D eigenvalue weighted by atomic mass is 35.5. The lowest BCUT2D eigenvalue weighted by Gasteiger charge is -2.13. The number of Topliss-reactive ketones (excluding diaryl/α,β-unsaturated/α-hetero) is 2. The van der Waals surface area contributed by atoms with E-state index in [1.807, 2.05) is 32.0 Å². The van der Waals surface area contributed by atoms with Gasteiger partial charge in [0, 0.05) is 49.5 Å². The van der Waals surface area contributed by atoms with Crippen LogP contribution in [0.3, 0.4) is 0 Å². The normalized spacial score (nSPS) is 16.0. The van der Waals surface area contributed by atoms with Crippen LogP contribution in [0.1, 0.15) is 47.7 Å². The third-order valence-electron chi connectivity index (χ3n) is 5.07. The number of ketones is 2. The number of hydrogen-bond donors (Lipinski definition) is 0. The van der Waals surface area contributed by atoms with Crippen LogP contribution in [0.5, 0.6) is 0 Å². The summed E-state index contributed by atoms with van der Waals surface area (Å²) in [6.07, 6.45) is 0.790. The second-order valence-electron chi connectivity index (χ2n) is 7.38. The second kappa shape index (κ2) is 7.63. The number of likely N-dealkylation sites (N-methyl/N-ethyl adjacent to an activating group) is 1. The number of rotatable bonds is 6. The van der Waals surface area contributed by atoms with Gasteiger partial charge in [-0.2, -0.15) is 0 Å². The van der Waals surface area contributed by atoms with Gasteiger partial charge in [-0.25, -0.2) is 0 Å². The SMILES string of the molecule is CC(C)C(=O)Cc1ccc(C(=O)CC2CN(C)c3ccccc32)c(Cl)c1. The molecule has 0 bridgehead atoms. The minimum absolute atomic E-state index is 0.00508. The maximum atomic E-state index is 12.8. The number of nitrogens with zero attached hydrogens (tertiary/aromatic N) is 1. The Bertz CT molecular complexity index is 844. The molecule has 136 valence electrons. The molecule has 1 aliphatic rings. The Morgan fingerprint density at radius 3 is 2.62 bits per heavy atom. The van der Waals surface area contributed by atoms with E-state index in [1.165, 1.54) is 11.3 Å². The number of anilines is 1. The quantitative estimate of drug-likeness (QED) is 0.678. The Balaban J connectivity index is 1.74. The molecule has 1 heterocycles. The number of benzene rings is 2. The first kappa shape index (κ1) is 18.7. The molecular weight excluding hydrogens is 346 g/mol. The average molecular weight is 370 g/mol. The van der Waals surface area contributed by atoms with Crippen molar-refractivity contribution < 1.29 is 9.59 Å². The largest absolute Gasteiger partial charge is 0.374 e. The standard InChI is InChI=1S/C22H24ClNO2/c1-14(2)21(25)11-15-8-9-18(19(23)10-15)22(26)12-16-13-24(3)20-7-5-4-6-17(16)20/h4-10,14,16H,11-13H2,1-3H3. The minimum atomic E-state index is -0.00508. The van der Waals surface area contributed by atoms with Crippen LogP contribution < -0.4 is 4.90 Å². The fourth-order valence-electron chi connectivity index (χ4n) is 3.52. The summed E-state index contributed by atoms with van der Waals surface area (Å²) >= 11 is 6.36. The van der Waals surface area contributed by atoms with Gasteiger partial charge in [0.05, 0.1) is 5.02 Å². The third kappa shape index (κ3) is 3.83. The van der Waals surface area contributed by atoms with E-state index >= 15 is 0 Å². The fourth-order valence-corrected chi connectivity index (χ4v) is 3.82. The van der Waals surface area contributed by atoms with Gasteiger partial charge in [-0.3, -0.25) is 9.59 Å². The molecule has 26 heavy (non-hydrogen) atoms. The summed E-state index contributed by atoms with van der Waals surface area (Å²) in [4.78, 5) is 26.9. The van der Waals surface area contributed by atoms with Crippen molar-refractivity contribution in [1.29, 1.82) is 0 Å². The summed E-state index contributed by atoms with van der Waals surface area (Å²) in [6.45, 7) is 4.61. The third-order valence-corrected chi connectivity index (χ3v) is 5.38. The van der Waals surface area contributed by atoms with Gasteiger partial charge < -0.3 is 4.90 Å². The van der Waals surface area contributed by atoms with Crippen molar-refractivity contribution in [3.63, 3.8) is 0 Å². The van der Waals surface area contributed by atoms with Crippen LogP contribution in [0.15, 0.2) is 42.5 Å². The molecule has 0 N–H and O–H groups in total. The number of fused-ring (bicyclic) bond motifs is 1. The average Bonchev–Trinajstić information content (AvgIpc) is 2.91. The van der Waals surface area contributed by atoms with Crippen molar-refractivity contribution in [3.8, 4) is 0 Å². The number of carbonyl (C=O) groups excluding carboxylic acids is 2. The van der Waals surface area contributed by atoms with Crippen molar-refractivity contribution >= 4 is 28.9 Å². The predicted octanol–water partition coefficient (Wildman–Crippen LogP) is 4.91. The maximum Gasteiger partial charge on any atom is 0.165 e. The zero-order chi connectivity index (χ0) is 18.8. The summed E-state index contributed by atoms with van der Waals surface area (Å²) < 4.78 is 0. The van der Waals surface area contributed by atoms with Crippen LogP contribution in [-0.4, -0.2) is 25.2 Å². The molecule has 3 nitrogen and oxygen atoms in total. The first-order valence-electron chi connectivity index (χ1n) is 9.01.